The van der Waals surface area contributed by atoms with E-state index in [1.807, 2.05) is 0 Å². The zero-order chi connectivity index (χ0) is 4.85. The van der Waals surface area contributed by atoms with Crippen LogP contribution in [-0.2, 0) is 0 Å². The molecule has 1 heterocycles. The van der Waals surface area contributed by atoms with Crippen LogP contribution in [0.4, 0.5) is 0 Å². The van der Waals surface area contributed by atoms with Crippen molar-refractivity contribution in [1.29, 1.82) is 0 Å². The Morgan fingerprint density at radius 3 is 2.14 bits per heavy atom. The van der Waals surface area contributed by atoms with E-state index in [0.717, 1.165) is 11.8 Å². The number of nitrogens with zero attached hydrogens (tertiary/aromatic N) is 1. The van der Waals surface area contributed by atoms with Crippen molar-refractivity contribution in [3.05, 3.63) is 0 Å². The lowest BCUT2D eigenvalue weighted by Gasteiger charge is -2.03. The molecule has 0 bridgehead atoms. The van der Waals surface area contributed by atoms with E-state index in [0.29, 0.717) is 0 Å². The molecule has 1 saturated carbocycles. The van der Waals surface area contributed by atoms with Crippen molar-refractivity contribution in [2.24, 2.45) is 11.8 Å². The number of hydrogen-bond donors (Lipinski definition) is 0. The summed E-state index contributed by atoms with van der Waals surface area (Å²) >= 11 is 2.41. The zero-order valence-corrected chi connectivity index (χ0v) is 6.26. The first-order valence-electron chi connectivity index (χ1n) is 2.77. The van der Waals surface area contributed by atoms with Gasteiger partial charge >= 0.3 is 0 Å². The highest BCUT2D eigenvalue weighted by Crippen LogP contribution is 2.45. The standard InChI is InChI=1S/C5H8IN/c6-7-2-4-1-5(4)3-7/h4-5H,1-3H2/t4-,5?/m1/s1. The molecular formula is C5H8IN. The summed E-state index contributed by atoms with van der Waals surface area (Å²) in [6.07, 6.45) is 1.53. The molecule has 1 aliphatic heterocycles. The summed E-state index contributed by atoms with van der Waals surface area (Å²) in [5, 5.41) is 0. The maximum atomic E-state index is 2.41. The van der Waals surface area contributed by atoms with Gasteiger partial charge in [0.1, 0.15) is 0 Å². The van der Waals surface area contributed by atoms with Gasteiger partial charge in [0.15, 0.2) is 0 Å². The van der Waals surface area contributed by atoms with Crippen molar-refractivity contribution in [3.8, 4) is 0 Å². The van der Waals surface area contributed by atoms with Gasteiger partial charge in [-0.1, -0.05) is 0 Å². The van der Waals surface area contributed by atoms with Crippen molar-refractivity contribution >= 4 is 22.9 Å². The lowest BCUT2D eigenvalue weighted by molar-refractivity contribution is 0.557. The van der Waals surface area contributed by atoms with Gasteiger partial charge in [-0.15, -0.1) is 0 Å². The molecule has 2 heteroatoms. The van der Waals surface area contributed by atoms with Crippen molar-refractivity contribution in [1.82, 2.24) is 3.11 Å². The summed E-state index contributed by atoms with van der Waals surface area (Å²) in [5.41, 5.74) is 0. The second-order valence-corrected chi connectivity index (χ2v) is 3.95. The number of fused-ring (bicyclic) bond motifs is 1. The molecule has 7 heavy (non-hydrogen) atoms. The summed E-state index contributed by atoms with van der Waals surface area (Å²) < 4.78 is 2.40. The average molecular weight is 209 g/mol. The van der Waals surface area contributed by atoms with Gasteiger partial charge in [0.05, 0.1) is 0 Å². The average Bonchev–Trinajstić information content (AvgIpc) is 2.15. The third-order valence-corrected chi connectivity index (χ3v) is 2.72. The van der Waals surface area contributed by atoms with Gasteiger partial charge in [-0.3, -0.25) is 0 Å². The van der Waals surface area contributed by atoms with Gasteiger partial charge in [-0.25, -0.2) is 3.11 Å². The molecule has 0 spiro atoms. The van der Waals surface area contributed by atoms with E-state index in [1.54, 1.807) is 0 Å². The molecule has 0 aromatic carbocycles. The smallest absolute Gasteiger partial charge is 0.0201 e. The Morgan fingerprint density at radius 2 is 1.86 bits per heavy atom. The molecule has 2 aliphatic rings. The molecule has 0 amide bonds. The van der Waals surface area contributed by atoms with E-state index in [4.69, 9.17) is 0 Å². The van der Waals surface area contributed by atoms with E-state index in [9.17, 15) is 0 Å². The molecule has 1 saturated heterocycles. The first-order valence-corrected chi connectivity index (χ1v) is 3.73. The van der Waals surface area contributed by atoms with E-state index in [-0.39, 0.29) is 0 Å². The SMILES string of the molecule is IN1CC2C[C@@H]2C1. The van der Waals surface area contributed by atoms with Crippen LogP contribution in [-0.4, -0.2) is 16.2 Å². The normalized spacial score (nSPS) is 49.3. The fourth-order valence-electron chi connectivity index (χ4n) is 1.34. The monoisotopic (exact) mass is 209 g/mol. The summed E-state index contributed by atoms with van der Waals surface area (Å²) in [5.74, 6) is 2.22. The molecule has 1 aliphatic carbocycles. The maximum Gasteiger partial charge on any atom is 0.0201 e. The van der Waals surface area contributed by atoms with Crippen LogP contribution in [0.25, 0.3) is 0 Å². The Morgan fingerprint density at radius 1 is 1.29 bits per heavy atom. The third kappa shape index (κ3) is 0.682. The van der Waals surface area contributed by atoms with E-state index < -0.39 is 0 Å². The molecular weight excluding hydrogens is 201 g/mol. The van der Waals surface area contributed by atoms with Gasteiger partial charge in [0.25, 0.3) is 0 Å². The third-order valence-electron chi connectivity index (χ3n) is 1.93. The zero-order valence-electron chi connectivity index (χ0n) is 4.10. The maximum absolute atomic E-state index is 2.41. The topological polar surface area (TPSA) is 3.24 Å². The predicted octanol–water partition coefficient (Wildman–Crippen LogP) is 1.29. The van der Waals surface area contributed by atoms with Gasteiger partial charge in [-0.05, 0) is 18.3 Å². The fraction of sp³-hybridized carbons (Fsp3) is 1.00. The highest BCUT2D eigenvalue weighted by atomic mass is 127. The molecule has 2 fully saturated rings. The highest BCUT2D eigenvalue weighted by molar-refractivity contribution is 14.1. The predicted molar refractivity (Wildman–Crippen MR) is 37.2 cm³/mol. The minimum atomic E-state index is 1.11. The second-order valence-electron chi connectivity index (χ2n) is 2.58. The summed E-state index contributed by atoms with van der Waals surface area (Å²) in [4.78, 5) is 0. The Kier molecular flexibility index (Phi) is 0.876. The lowest BCUT2D eigenvalue weighted by Crippen LogP contribution is -2.07. The molecule has 0 radical (unpaired) electrons. The quantitative estimate of drug-likeness (QED) is 0.429. The molecule has 1 unspecified atom stereocenters. The molecule has 40 valence electrons. The molecule has 0 aromatic rings. The Bertz CT molecular complexity index is 84.1. The molecule has 0 N–H and O–H groups in total. The Labute approximate surface area is 57.6 Å². The first kappa shape index (κ1) is 4.56. The van der Waals surface area contributed by atoms with Crippen LogP contribution < -0.4 is 0 Å². The van der Waals surface area contributed by atoms with E-state index in [2.05, 4.69) is 26.0 Å². The van der Waals surface area contributed by atoms with Crippen LogP contribution in [0, 0.1) is 11.8 Å². The van der Waals surface area contributed by atoms with Crippen molar-refractivity contribution < 1.29 is 0 Å². The second kappa shape index (κ2) is 1.35. The first-order chi connectivity index (χ1) is 3.36. The van der Waals surface area contributed by atoms with Crippen molar-refractivity contribution in [2.45, 2.75) is 6.42 Å². The van der Waals surface area contributed by atoms with Crippen LogP contribution in [0.5, 0.6) is 0 Å². The van der Waals surface area contributed by atoms with Gasteiger partial charge < -0.3 is 0 Å². The summed E-state index contributed by atoms with van der Waals surface area (Å²) in [6.45, 7) is 2.73. The van der Waals surface area contributed by atoms with Crippen molar-refractivity contribution in [2.75, 3.05) is 13.1 Å². The minimum absolute atomic E-state index is 1.11. The fourth-order valence-corrected chi connectivity index (χ4v) is 2.35. The number of rotatable bonds is 0. The number of hydrogen-bond acceptors (Lipinski definition) is 1. The Hall–Kier alpha value is 0.690. The number of piperidine rings is 1. The molecule has 0 aromatic heterocycles. The van der Waals surface area contributed by atoms with Crippen LogP contribution in [0.1, 0.15) is 6.42 Å². The van der Waals surface area contributed by atoms with Crippen molar-refractivity contribution in [3.63, 3.8) is 0 Å². The highest BCUT2D eigenvalue weighted by Gasteiger charge is 2.44. The Balaban J connectivity index is 2.02. The minimum Gasteiger partial charge on any atom is -0.247 e. The van der Waals surface area contributed by atoms with E-state index in [1.165, 1.54) is 19.5 Å². The van der Waals surface area contributed by atoms with Gasteiger partial charge in [0, 0.05) is 36.0 Å². The van der Waals surface area contributed by atoms with Gasteiger partial charge in [-0.2, -0.15) is 0 Å². The molecule has 2 rings (SSSR count). The number of halogens is 1. The lowest BCUT2D eigenvalue weighted by atomic mass is 10.4. The van der Waals surface area contributed by atoms with Crippen LogP contribution >= 0.6 is 22.9 Å². The molecule has 2 atom stereocenters. The summed E-state index contributed by atoms with van der Waals surface area (Å²) in [6, 6.07) is 0. The van der Waals surface area contributed by atoms with Gasteiger partial charge in [0.2, 0.25) is 0 Å². The van der Waals surface area contributed by atoms with E-state index >= 15 is 0 Å². The van der Waals surface area contributed by atoms with Crippen LogP contribution in [0.2, 0.25) is 0 Å². The van der Waals surface area contributed by atoms with Crippen LogP contribution in [0.15, 0.2) is 0 Å². The largest absolute Gasteiger partial charge is 0.247 e. The van der Waals surface area contributed by atoms with Crippen LogP contribution in [0.3, 0.4) is 0 Å². The molecule has 1 nitrogen and oxygen atoms in total. The summed E-state index contributed by atoms with van der Waals surface area (Å²) in [7, 11) is 0.